The molecular weight excluding hydrogens is 302 g/mol. The summed E-state index contributed by atoms with van der Waals surface area (Å²) in [6.07, 6.45) is 7.40. The van der Waals surface area contributed by atoms with Gasteiger partial charge < -0.3 is 9.47 Å². The molecule has 1 atom stereocenters. The highest BCUT2D eigenvalue weighted by Gasteiger charge is 2.31. The minimum Gasteiger partial charge on any atom is -0.346 e. The van der Waals surface area contributed by atoms with Gasteiger partial charge >= 0.3 is 0 Å². The highest BCUT2D eigenvalue weighted by atomic mass is 15.3. The zero-order chi connectivity index (χ0) is 16.5. The second-order valence-electron chi connectivity index (χ2n) is 6.66. The number of hydrogen-bond acceptors (Lipinski definition) is 6. The van der Waals surface area contributed by atoms with Crippen molar-refractivity contribution in [1.82, 2.24) is 29.7 Å². The number of anilines is 1. The number of pyridine rings is 1. The SMILES string of the molecule is CC(C)Cn1cnnc1C1CCCN1c1ccc2nccnc2n1. The molecule has 7 nitrogen and oxygen atoms in total. The summed E-state index contributed by atoms with van der Waals surface area (Å²) >= 11 is 0. The second kappa shape index (κ2) is 6.14. The van der Waals surface area contributed by atoms with Crippen LogP contribution < -0.4 is 4.90 Å². The molecule has 7 heteroatoms. The van der Waals surface area contributed by atoms with Gasteiger partial charge in [-0.05, 0) is 30.9 Å². The summed E-state index contributed by atoms with van der Waals surface area (Å²) in [6, 6.07) is 4.23. The maximum atomic E-state index is 4.70. The largest absolute Gasteiger partial charge is 0.346 e. The average Bonchev–Trinajstić information content (AvgIpc) is 3.22. The van der Waals surface area contributed by atoms with E-state index in [0.29, 0.717) is 11.6 Å². The van der Waals surface area contributed by atoms with E-state index < -0.39 is 0 Å². The predicted octanol–water partition coefficient (Wildman–Crippen LogP) is 2.61. The molecule has 0 spiro atoms. The summed E-state index contributed by atoms with van der Waals surface area (Å²) in [5.74, 6) is 2.52. The summed E-state index contributed by atoms with van der Waals surface area (Å²) in [5.41, 5.74) is 1.50. The molecule has 3 aromatic heterocycles. The third kappa shape index (κ3) is 2.70. The van der Waals surface area contributed by atoms with Gasteiger partial charge in [-0.1, -0.05) is 13.8 Å². The number of fused-ring (bicyclic) bond motifs is 1. The third-order valence-electron chi connectivity index (χ3n) is 4.37. The summed E-state index contributed by atoms with van der Waals surface area (Å²) in [6.45, 7) is 6.32. The highest BCUT2D eigenvalue weighted by Crippen LogP contribution is 2.34. The molecule has 0 aliphatic carbocycles. The quantitative estimate of drug-likeness (QED) is 0.735. The van der Waals surface area contributed by atoms with Gasteiger partial charge in [0.05, 0.1) is 6.04 Å². The van der Waals surface area contributed by atoms with E-state index in [2.05, 4.69) is 43.5 Å². The van der Waals surface area contributed by atoms with Gasteiger partial charge in [0.25, 0.3) is 0 Å². The van der Waals surface area contributed by atoms with Gasteiger partial charge in [0, 0.05) is 25.5 Å². The molecule has 1 fully saturated rings. The molecule has 0 bridgehead atoms. The van der Waals surface area contributed by atoms with Gasteiger partial charge in [-0.2, -0.15) is 0 Å². The van der Waals surface area contributed by atoms with Crippen LogP contribution in [0.5, 0.6) is 0 Å². The van der Waals surface area contributed by atoms with Crippen LogP contribution in [0.25, 0.3) is 11.2 Å². The van der Waals surface area contributed by atoms with Crippen LogP contribution in [-0.2, 0) is 6.54 Å². The first-order valence-electron chi connectivity index (χ1n) is 8.44. The lowest BCUT2D eigenvalue weighted by atomic mass is 10.2. The van der Waals surface area contributed by atoms with Gasteiger partial charge in [0.1, 0.15) is 17.7 Å². The van der Waals surface area contributed by atoms with Crippen LogP contribution in [0, 0.1) is 5.92 Å². The van der Waals surface area contributed by atoms with Crippen molar-refractivity contribution < 1.29 is 0 Å². The van der Waals surface area contributed by atoms with Crippen LogP contribution in [-0.4, -0.2) is 36.3 Å². The van der Waals surface area contributed by atoms with Crippen LogP contribution in [0.4, 0.5) is 5.82 Å². The summed E-state index contributed by atoms with van der Waals surface area (Å²) in [7, 11) is 0. The van der Waals surface area contributed by atoms with Crippen molar-refractivity contribution in [2.24, 2.45) is 5.92 Å². The molecule has 4 rings (SSSR count). The summed E-state index contributed by atoms with van der Waals surface area (Å²) in [5, 5.41) is 8.55. The number of rotatable bonds is 4. The standard InChI is InChI=1S/C17H21N7/c1-12(2)10-23-11-20-22-17(23)14-4-3-9-24(14)15-6-5-13-16(21-15)19-8-7-18-13/h5-8,11-12,14H,3-4,9-10H2,1-2H3. The van der Waals surface area contributed by atoms with Gasteiger partial charge in [-0.25, -0.2) is 9.97 Å². The van der Waals surface area contributed by atoms with Gasteiger partial charge in [-0.15, -0.1) is 10.2 Å². The van der Waals surface area contributed by atoms with Crippen LogP contribution in [0.3, 0.4) is 0 Å². The fourth-order valence-corrected chi connectivity index (χ4v) is 3.37. The van der Waals surface area contributed by atoms with Crippen LogP contribution in [0.1, 0.15) is 38.6 Å². The molecule has 1 saturated heterocycles. The predicted molar refractivity (Wildman–Crippen MR) is 91.5 cm³/mol. The van der Waals surface area contributed by atoms with Gasteiger partial charge in [-0.3, -0.25) is 4.98 Å². The minimum atomic E-state index is 0.216. The van der Waals surface area contributed by atoms with E-state index in [1.54, 1.807) is 12.4 Å². The molecule has 1 aliphatic heterocycles. The first-order valence-corrected chi connectivity index (χ1v) is 8.44. The topological polar surface area (TPSA) is 72.6 Å². The molecule has 24 heavy (non-hydrogen) atoms. The molecule has 3 aromatic rings. The Morgan fingerprint density at radius 2 is 2.08 bits per heavy atom. The second-order valence-corrected chi connectivity index (χ2v) is 6.66. The lowest BCUT2D eigenvalue weighted by Gasteiger charge is -2.25. The summed E-state index contributed by atoms with van der Waals surface area (Å²) < 4.78 is 2.18. The third-order valence-corrected chi connectivity index (χ3v) is 4.37. The lowest BCUT2D eigenvalue weighted by Crippen LogP contribution is -2.26. The highest BCUT2D eigenvalue weighted by molar-refractivity contribution is 5.71. The smallest absolute Gasteiger partial charge is 0.180 e. The Morgan fingerprint density at radius 1 is 1.21 bits per heavy atom. The zero-order valence-electron chi connectivity index (χ0n) is 14.0. The monoisotopic (exact) mass is 323 g/mol. The Bertz CT molecular complexity index is 842. The molecule has 0 saturated carbocycles. The van der Waals surface area contributed by atoms with E-state index >= 15 is 0 Å². The van der Waals surface area contributed by atoms with E-state index in [1.807, 2.05) is 18.5 Å². The Morgan fingerprint density at radius 3 is 2.96 bits per heavy atom. The normalized spacial score (nSPS) is 18.0. The number of hydrogen-bond donors (Lipinski definition) is 0. The molecule has 0 N–H and O–H groups in total. The molecular formula is C17H21N7. The minimum absolute atomic E-state index is 0.216. The number of aromatic nitrogens is 6. The van der Waals surface area contributed by atoms with Gasteiger partial charge in [0.2, 0.25) is 0 Å². The van der Waals surface area contributed by atoms with Crippen molar-refractivity contribution in [2.45, 2.75) is 39.3 Å². The van der Waals surface area contributed by atoms with Crippen LogP contribution in [0.2, 0.25) is 0 Å². The van der Waals surface area contributed by atoms with Gasteiger partial charge in [0.15, 0.2) is 11.5 Å². The number of nitrogens with zero attached hydrogens (tertiary/aromatic N) is 7. The Balaban J connectivity index is 1.68. The van der Waals surface area contributed by atoms with Crippen molar-refractivity contribution in [2.75, 3.05) is 11.4 Å². The molecule has 124 valence electrons. The fourth-order valence-electron chi connectivity index (χ4n) is 3.37. The Labute approximate surface area is 140 Å². The zero-order valence-corrected chi connectivity index (χ0v) is 14.0. The van der Waals surface area contributed by atoms with Crippen molar-refractivity contribution in [3.8, 4) is 0 Å². The molecule has 1 unspecified atom stereocenters. The van der Waals surface area contributed by atoms with Crippen molar-refractivity contribution >= 4 is 17.0 Å². The molecule has 0 amide bonds. The van der Waals surface area contributed by atoms with E-state index in [0.717, 1.165) is 43.1 Å². The Hall–Kier alpha value is -2.57. The Kier molecular flexibility index (Phi) is 3.84. The van der Waals surface area contributed by atoms with Crippen molar-refractivity contribution in [1.29, 1.82) is 0 Å². The maximum Gasteiger partial charge on any atom is 0.180 e. The van der Waals surface area contributed by atoms with E-state index in [4.69, 9.17) is 4.98 Å². The average molecular weight is 323 g/mol. The van der Waals surface area contributed by atoms with Crippen LogP contribution in [0.15, 0.2) is 30.9 Å². The molecule has 1 aliphatic rings. The van der Waals surface area contributed by atoms with E-state index in [1.165, 1.54) is 0 Å². The lowest BCUT2D eigenvalue weighted by molar-refractivity contribution is 0.487. The molecule has 0 aromatic carbocycles. The molecule has 0 radical (unpaired) electrons. The van der Waals surface area contributed by atoms with E-state index in [9.17, 15) is 0 Å². The fraction of sp³-hybridized carbons (Fsp3) is 0.471. The summed E-state index contributed by atoms with van der Waals surface area (Å²) in [4.78, 5) is 15.6. The first-order chi connectivity index (χ1) is 11.7. The van der Waals surface area contributed by atoms with Crippen LogP contribution >= 0.6 is 0 Å². The first kappa shape index (κ1) is 15.0. The maximum absolute atomic E-state index is 4.70. The van der Waals surface area contributed by atoms with Crippen molar-refractivity contribution in [3.63, 3.8) is 0 Å². The van der Waals surface area contributed by atoms with Crippen molar-refractivity contribution in [3.05, 3.63) is 36.7 Å². The molecule has 4 heterocycles. The van der Waals surface area contributed by atoms with E-state index in [-0.39, 0.29) is 6.04 Å².